The van der Waals surface area contributed by atoms with Gasteiger partial charge in [0.2, 0.25) is 5.95 Å². The van der Waals surface area contributed by atoms with E-state index >= 15 is 4.39 Å². The molecule has 5 aromatic rings. The van der Waals surface area contributed by atoms with E-state index in [4.69, 9.17) is 16.3 Å². The second-order valence-corrected chi connectivity index (χ2v) is 11.5. The fourth-order valence-corrected chi connectivity index (χ4v) is 6.22. The Morgan fingerprint density at radius 3 is 2.56 bits per heavy atom. The molecule has 0 fully saturated rings. The van der Waals surface area contributed by atoms with E-state index in [9.17, 15) is 12.8 Å². The lowest BCUT2D eigenvalue weighted by Crippen LogP contribution is -2.32. The number of nitrogens with zero attached hydrogens (tertiary/aromatic N) is 3. The molecule has 210 valence electrons. The number of sulfonamides is 1. The zero-order valence-corrected chi connectivity index (χ0v) is 23.7. The number of halogens is 3. The molecule has 0 spiro atoms. The van der Waals surface area contributed by atoms with Gasteiger partial charge >= 0.3 is 0 Å². The van der Waals surface area contributed by atoms with Gasteiger partial charge in [-0.25, -0.2) is 22.1 Å². The number of anilines is 2. The highest BCUT2D eigenvalue weighted by molar-refractivity contribution is 7.92. The van der Waals surface area contributed by atoms with E-state index in [1.807, 2.05) is 24.3 Å². The van der Waals surface area contributed by atoms with E-state index in [0.717, 1.165) is 44.4 Å². The minimum Gasteiger partial charge on any atom is -0.497 e. The smallest absolute Gasteiger partial charge is 0.268 e. The van der Waals surface area contributed by atoms with Crippen molar-refractivity contribution in [2.75, 3.05) is 16.7 Å². The minimum absolute atomic E-state index is 0.00360. The maximum absolute atomic E-state index is 15.6. The molecule has 0 atom stereocenters. The Morgan fingerprint density at radius 1 is 1.00 bits per heavy atom. The predicted molar refractivity (Wildman–Crippen MR) is 156 cm³/mol. The highest BCUT2D eigenvalue weighted by Gasteiger charge is 2.31. The number of hydrogen-bond acceptors (Lipinski definition) is 6. The number of fused-ring (bicyclic) bond motifs is 1. The number of methoxy groups -OCH3 is 1. The fraction of sp³-hybridized carbons (Fsp3) is 0.133. The van der Waals surface area contributed by atoms with Gasteiger partial charge in [-0.15, -0.1) is 0 Å². The number of nitrogens with one attached hydrogen (secondary N) is 1. The van der Waals surface area contributed by atoms with E-state index in [1.54, 1.807) is 37.5 Å². The maximum Gasteiger partial charge on any atom is 0.268 e. The third-order valence-corrected chi connectivity index (χ3v) is 8.73. The number of benzene rings is 3. The molecule has 11 heteroatoms. The van der Waals surface area contributed by atoms with Gasteiger partial charge in [-0.3, -0.25) is 4.98 Å². The van der Waals surface area contributed by atoms with Crippen molar-refractivity contribution in [1.29, 1.82) is 0 Å². The summed E-state index contributed by atoms with van der Waals surface area (Å²) < 4.78 is 63.6. The van der Waals surface area contributed by atoms with E-state index < -0.39 is 26.7 Å². The van der Waals surface area contributed by atoms with E-state index in [-0.39, 0.29) is 23.1 Å². The molecule has 41 heavy (non-hydrogen) atoms. The van der Waals surface area contributed by atoms with Crippen LogP contribution in [0.5, 0.6) is 5.75 Å². The Kier molecular flexibility index (Phi) is 8.05. The van der Waals surface area contributed by atoms with Crippen molar-refractivity contribution in [1.82, 2.24) is 9.97 Å². The number of rotatable bonds is 9. The third kappa shape index (κ3) is 5.94. The molecule has 3 aromatic carbocycles. The van der Waals surface area contributed by atoms with E-state index in [1.165, 1.54) is 19.2 Å². The minimum atomic E-state index is -4.59. The Hall–Kier alpha value is -4.28. The molecule has 0 amide bonds. The standard InChI is InChI=1S/C30H25ClF2N4O3S/c1-19-13-23(40-2)10-9-22(19)18-37(30-8-4-7-29(33)36-30)41(38,39)28-14-25(31)27(15-26(28)32)35-16-21-6-3-5-20-11-12-34-17-24(20)21/h3-15,17,35H,16,18H2,1-2H3. The Bertz CT molecular complexity index is 1850. The molecule has 2 heterocycles. The average Bonchev–Trinajstić information content (AvgIpc) is 2.96. The summed E-state index contributed by atoms with van der Waals surface area (Å²) in [5, 5.41) is 5.00. The van der Waals surface area contributed by atoms with Gasteiger partial charge in [0.25, 0.3) is 10.0 Å². The van der Waals surface area contributed by atoms with Crippen LogP contribution in [0.15, 0.2) is 90.1 Å². The molecule has 0 saturated heterocycles. The summed E-state index contributed by atoms with van der Waals surface area (Å²) in [7, 11) is -3.07. The summed E-state index contributed by atoms with van der Waals surface area (Å²) in [6, 6.07) is 18.6. The monoisotopic (exact) mass is 594 g/mol. The molecular weight excluding hydrogens is 570 g/mol. The summed E-state index contributed by atoms with van der Waals surface area (Å²) in [4.78, 5) is 7.27. The van der Waals surface area contributed by atoms with Gasteiger partial charge in [0.05, 0.1) is 24.4 Å². The SMILES string of the molecule is COc1ccc(CN(c2cccc(F)n2)S(=O)(=O)c2cc(Cl)c(NCc3cccc4ccncc34)cc2F)c(C)c1. The van der Waals surface area contributed by atoms with Gasteiger partial charge in [0.1, 0.15) is 22.3 Å². The van der Waals surface area contributed by atoms with E-state index in [0.29, 0.717) is 17.9 Å². The number of hydrogen-bond donors (Lipinski definition) is 1. The van der Waals surface area contributed by atoms with Crippen LogP contribution in [0.1, 0.15) is 16.7 Å². The first kappa shape index (κ1) is 28.3. The molecule has 1 N–H and O–H groups in total. The fourth-order valence-electron chi connectivity index (χ4n) is 4.45. The largest absolute Gasteiger partial charge is 0.497 e. The summed E-state index contributed by atoms with van der Waals surface area (Å²) in [6.07, 6.45) is 3.44. The molecule has 2 aromatic heterocycles. The molecule has 0 aliphatic carbocycles. The maximum atomic E-state index is 15.6. The van der Waals surface area contributed by atoms with Gasteiger partial charge in [-0.2, -0.15) is 4.39 Å². The molecule has 0 unspecified atom stereocenters. The summed E-state index contributed by atoms with van der Waals surface area (Å²) >= 11 is 6.47. The third-order valence-electron chi connectivity index (χ3n) is 6.65. The second kappa shape index (κ2) is 11.7. The quantitative estimate of drug-likeness (QED) is 0.187. The number of ether oxygens (including phenoxy) is 1. The molecule has 7 nitrogen and oxygen atoms in total. The van der Waals surface area contributed by atoms with Crippen LogP contribution in [0, 0.1) is 18.7 Å². The molecule has 0 saturated carbocycles. The van der Waals surface area contributed by atoms with Crippen molar-refractivity contribution in [3.8, 4) is 5.75 Å². The summed E-state index contributed by atoms with van der Waals surface area (Å²) in [6.45, 7) is 1.84. The molecule has 0 aliphatic heterocycles. The van der Waals surface area contributed by atoms with Crippen LogP contribution in [0.3, 0.4) is 0 Å². The van der Waals surface area contributed by atoms with Crippen LogP contribution in [0.2, 0.25) is 5.02 Å². The molecular formula is C30H25ClF2N4O3S. The highest BCUT2D eigenvalue weighted by atomic mass is 35.5. The lowest BCUT2D eigenvalue weighted by Gasteiger charge is -2.25. The van der Waals surface area contributed by atoms with Crippen LogP contribution in [-0.4, -0.2) is 25.5 Å². The zero-order chi connectivity index (χ0) is 29.1. The lowest BCUT2D eigenvalue weighted by molar-refractivity contribution is 0.414. The second-order valence-electron chi connectivity index (χ2n) is 9.25. The van der Waals surface area contributed by atoms with Crippen molar-refractivity contribution >= 4 is 43.9 Å². The van der Waals surface area contributed by atoms with E-state index in [2.05, 4.69) is 15.3 Å². The average molecular weight is 595 g/mol. The van der Waals surface area contributed by atoms with Crippen molar-refractivity contribution in [3.63, 3.8) is 0 Å². The van der Waals surface area contributed by atoms with Crippen LogP contribution < -0.4 is 14.4 Å². The molecule has 0 bridgehead atoms. The number of pyridine rings is 2. The van der Waals surface area contributed by atoms with Crippen LogP contribution in [0.25, 0.3) is 10.8 Å². The predicted octanol–water partition coefficient (Wildman–Crippen LogP) is 6.89. The van der Waals surface area contributed by atoms with Gasteiger partial charge in [-0.1, -0.05) is 41.9 Å². The number of aryl methyl sites for hydroxylation is 1. The first-order valence-electron chi connectivity index (χ1n) is 12.5. The summed E-state index contributed by atoms with van der Waals surface area (Å²) in [5.74, 6) is -1.52. The first-order chi connectivity index (χ1) is 19.7. The van der Waals surface area contributed by atoms with Crippen molar-refractivity contribution < 1.29 is 21.9 Å². The molecule has 5 rings (SSSR count). The van der Waals surface area contributed by atoms with Crippen LogP contribution in [-0.2, 0) is 23.1 Å². The Morgan fingerprint density at radius 2 is 1.80 bits per heavy atom. The van der Waals surface area contributed by atoms with Crippen LogP contribution in [0.4, 0.5) is 20.3 Å². The van der Waals surface area contributed by atoms with Gasteiger partial charge < -0.3 is 10.1 Å². The Labute approximate surface area is 241 Å². The van der Waals surface area contributed by atoms with Gasteiger partial charge in [0.15, 0.2) is 0 Å². The lowest BCUT2D eigenvalue weighted by atomic mass is 10.1. The van der Waals surface area contributed by atoms with Crippen molar-refractivity contribution in [3.05, 3.63) is 119 Å². The number of aromatic nitrogens is 2. The summed E-state index contributed by atoms with van der Waals surface area (Å²) in [5.41, 5.74) is 2.44. The van der Waals surface area contributed by atoms with Gasteiger partial charge in [-0.05, 0) is 71.5 Å². The normalized spacial score (nSPS) is 11.4. The van der Waals surface area contributed by atoms with Crippen LogP contribution >= 0.6 is 11.6 Å². The Balaban J connectivity index is 1.49. The molecule has 0 radical (unpaired) electrons. The van der Waals surface area contributed by atoms with Crippen molar-refractivity contribution in [2.24, 2.45) is 0 Å². The topological polar surface area (TPSA) is 84.4 Å². The van der Waals surface area contributed by atoms with Crippen molar-refractivity contribution in [2.45, 2.75) is 24.9 Å². The molecule has 0 aliphatic rings. The first-order valence-corrected chi connectivity index (χ1v) is 14.3. The highest BCUT2D eigenvalue weighted by Crippen LogP contribution is 2.33. The van der Waals surface area contributed by atoms with Gasteiger partial charge in [0, 0.05) is 24.3 Å². The zero-order valence-electron chi connectivity index (χ0n) is 22.1.